The molecule has 3 aromatic rings. The summed E-state index contributed by atoms with van der Waals surface area (Å²) in [6, 6.07) is 15.9. The van der Waals surface area contributed by atoms with E-state index in [1.807, 2.05) is 13.8 Å². The minimum absolute atomic E-state index is 0.0924. The maximum absolute atomic E-state index is 12.5. The Morgan fingerprint density at radius 3 is 2.41 bits per heavy atom. The topological polar surface area (TPSA) is 106 Å². The summed E-state index contributed by atoms with van der Waals surface area (Å²) in [5.41, 5.74) is 1.54. The first-order valence-corrected chi connectivity index (χ1v) is 11.4. The van der Waals surface area contributed by atoms with E-state index in [1.165, 1.54) is 24.4 Å². The van der Waals surface area contributed by atoms with Crippen molar-refractivity contribution in [2.24, 2.45) is 5.92 Å². The van der Waals surface area contributed by atoms with Gasteiger partial charge in [-0.3, -0.25) is 4.72 Å². The van der Waals surface area contributed by atoms with Gasteiger partial charge >= 0.3 is 5.97 Å². The van der Waals surface area contributed by atoms with Crippen molar-refractivity contribution in [1.82, 2.24) is 4.98 Å². The minimum Gasteiger partial charge on any atom is -0.507 e. The van der Waals surface area contributed by atoms with Crippen molar-refractivity contribution in [3.05, 3.63) is 83.6 Å². The Hall–Kier alpha value is -3.65. The second kappa shape index (κ2) is 10.1. The number of ether oxygens (including phenoxy) is 1. The standard InChI is InChI=1S/C24H24N2O5S/c1-17(2)16-31-24(28)21-15-19(10-13-22(21)27)7-6-18-8-11-20(12-9-18)32(29,30)26-23-5-3-4-14-25-23/h3-15,17,27H,16H2,1-2H3,(H,25,26). The fraction of sp³-hybridized carbons (Fsp3) is 0.167. The predicted molar refractivity (Wildman–Crippen MR) is 124 cm³/mol. The number of esters is 1. The smallest absolute Gasteiger partial charge is 0.341 e. The van der Waals surface area contributed by atoms with Crippen LogP contribution in [0, 0.1) is 5.92 Å². The van der Waals surface area contributed by atoms with Gasteiger partial charge in [-0.25, -0.2) is 18.2 Å². The first kappa shape index (κ1) is 23.0. The lowest BCUT2D eigenvalue weighted by atomic mass is 10.1. The highest BCUT2D eigenvalue weighted by atomic mass is 32.2. The van der Waals surface area contributed by atoms with Crippen LogP contribution in [-0.2, 0) is 14.8 Å². The van der Waals surface area contributed by atoms with Gasteiger partial charge in [-0.15, -0.1) is 0 Å². The molecule has 0 aliphatic rings. The van der Waals surface area contributed by atoms with Crippen LogP contribution >= 0.6 is 0 Å². The maximum Gasteiger partial charge on any atom is 0.341 e. The summed E-state index contributed by atoms with van der Waals surface area (Å²) in [4.78, 5) is 16.3. The number of carbonyl (C=O) groups is 1. The Morgan fingerprint density at radius 2 is 1.75 bits per heavy atom. The summed E-state index contributed by atoms with van der Waals surface area (Å²) in [5, 5.41) is 9.98. The SMILES string of the molecule is CC(C)COC(=O)c1cc(C=Cc2ccc(S(=O)(=O)Nc3ccccn3)cc2)ccc1O. The van der Waals surface area contributed by atoms with Crippen LogP contribution in [0.15, 0.2) is 71.8 Å². The molecule has 1 heterocycles. The molecular formula is C24H24N2O5S. The molecule has 0 amide bonds. The second-order valence-electron chi connectivity index (χ2n) is 7.49. The van der Waals surface area contributed by atoms with Crippen LogP contribution in [0.4, 0.5) is 5.82 Å². The lowest BCUT2D eigenvalue weighted by molar-refractivity contribution is 0.0455. The lowest BCUT2D eigenvalue weighted by Crippen LogP contribution is -2.13. The van der Waals surface area contributed by atoms with E-state index < -0.39 is 16.0 Å². The third-order valence-electron chi connectivity index (χ3n) is 4.35. The zero-order chi connectivity index (χ0) is 23.1. The minimum atomic E-state index is -3.74. The number of sulfonamides is 1. The Labute approximate surface area is 187 Å². The number of phenolic OH excluding ortho intramolecular Hbond substituents is 1. The van der Waals surface area contributed by atoms with Crippen LogP contribution in [0.5, 0.6) is 5.75 Å². The van der Waals surface area contributed by atoms with Crippen molar-refractivity contribution in [2.75, 3.05) is 11.3 Å². The van der Waals surface area contributed by atoms with Crippen LogP contribution in [0.25, 0.3) is 12.2 Å². The molecule has 0 fully saturated rings. The van der Waals surface area contributed by atoms with Crippen molar-refractivity contribution in [2.45, 2.75) is 18.7 Å². The van der Waals surface area contributed by atoms with Gasteiger partial charge in [-0.2, -0.15) is 0 Å². The fourth-order valence-electron chi connectivity index (χ4n) is 2.71. The third-order valence-corrected chi connectivity index (χ3v) is 5.72. The van der Waals surface area contributed by atoms with Gasteiger partial charge in [0.1, 0.15) is 17.1 Å². The molecule has 0 radical (unpaired) electrons. The maximum atomic E-state index is 12.5. The monoisotopic (exact) mass is 452 g/mol. The molecule has 0 spiro atoms. The molecule has 0 saturated heterocycles. The number of rotatable bonds is 8. The number of phenols is 1. The van der Waals surface area contributed by atoms with E-state index in [4.69, 9.17) is 4.74 Å². The largest absolute Gasteiger partial charge is 0.507 e. The fourth-order valence-corrected chi connectivity index (χ4v) is 3.72. The Bertz CT molecular complexity index is 1200. The Balaban J connectivity index is 1.72. The van der Waals surface area contributed by atoms with Crippen molar-refractivity contribution in [3.8, 4) is 5.75 Å². The first-order valence-electron chi connectivity index (χ1n) is 9.97. The molecule has 2 N–H and O–H groups in total. The molecule has 0 unspecified atom stereocenters. The van der Waals surface area contributed by atoms with Crippen molar-refractivity contribution in [3.63, 3.8) is 0 Å². The summed E-state index contributed by atoms with van der Waals surface area (Å²) in [5.74, 6) is -0.297. The van der Waals surface area contributed by atoms with Gasteiger partial charge in [0.2, 0.25) is 0 Å². The summed E-state index contributed by atoms with van der Waals surface area (Å²) in [7, 11) is -3.74. The molecule has 7 nitrogen and oxygen atoms in total. The Morgan fingerprint density at radius 1 is 1.06 bits per heavy atom. The highest BCUT2D eigenvalue weighted by Crippen LogP contribution is 2.22. The molecule has 1 aromatic heterocycles. The molecule has 0 aliphatic heterocycles. The van der Waals surface area contributed by atoms with E-state index in [-0.39, 0.29) is 34.6 Å². The quantitative estimate of drug-likeness (QED) is 0.383. The number of benzene rings is 2. The van der Waals surface area contributed by atoms with E-state index >= 15 is 0 Å². The number of carbonyl (C=O) groups excluding carboxylic acids is 1. The van der Waals surface area contributed by atoms with Gasteiger partial charge in [-0.1, -0.05) is 50.3 Å². The molecule has 3 rings (SSSR count). The van der Waals surface area contributed by atoms with Crippen LogP contribution in [0.1, 0.15) is 35.3 Å². The second-order valence-corrected chi connectivity index (χ2v) is 9.17. The molecular weight excluding hydrogens is 428 g/mol. The molecule has 166 valence electrons. The Kier molecular flexibility index (Phi) is 7.27. The summed E-state index contributed by atoms with van der Waals surface area (Å²) < 4.78 is 32.6. The van der Waals surface area contributed by atoms with E-state index in [0.717, 1.165) is 5.56 Å². The van der Waals surface area contributed by atoms with Crippen molar-refractivity contribution in [1.29, 1.82) is 0 Å². The van der Waals surface area contributed by atoms with E-state index in [0.29, 0.717) is 5.56 Å². The van der Waals surface area contributed by atoms with Crippen LogP contribution in [0.3, 0.4) is 0 Å². The van der Waals surface area contributed by atoms with Gasteiger partial charge in [-0.05, 0) is 53.4 Å². The van der Waals surface area contributed by atoms with Gasteiger partial charge in [0.15, 0.2) is 0 Å². The number of nitrogens with zero attached hydrogens (tertiary/aromatic N) is 1. The highest BCUT2D eigenvalue weighted by molar-refractivity contribution is 7.92. The average Bonchev–Trinajstić information content (AvgIpc) is 2.77. The number of anilines is 1. The predicted octanol–water partition coefficient (Wildman–Crippen LogP) is 4.57. The molecule has 8 heteroatoms. The number of aromatic hydroxyl groups is 1. The van der Waals surface area contributed by atoms with Gasteiger partial charge < -0.3 is 9.84 Å². The number of aromatic nitrogens is 1. The number of nitrogens with one attached hydrogen (secondary N) is 1. The van der Waals surface area contributed by atoms with Crippen molar-refractivity contribution >= 4 is 34.0 Å². The summed E-state index contributed by atoms with van der Waals surface area (Å²) >= 11 is 0. The highest BCUT2D eigenvalue weighted by Gasteiger charge is 2.15. The van der Waals surface area contributed by atoms with Gasteiger partial charge in [0.05, 0.1) is 11.5 Å². The van der Waals surface area contributed by atoms with Crippen LogP contribution in [0.2, 0.25) is 0 Å². The van der Waals surface area contributed by atoms with Crippen molar-refractivity contribution < 1.29 is 23.1 Å². The van der Waals surface area contributed by atoms with E-state index in [9.17, 15) is 18.3 Å². The molecule has 32 heavy (non-hydrogen) atoms. The van der Waals surface area contributed by atoms with Crippen LogP contribution < -0.4 is 4.72 Å². The van der Waals surface area contributed by atoms with E-state index in [1.54, 1.807) is 54.6 Å². The number of hydrogen-bond acceptors (Lipinski definition) is 6. The summed E-state index contributed by atoms with van der Waals surface area (Å²) in [6.45, 7) is 4.12. The zero-order valence-corrected chi connectivity index (χ0v) is 18.5. The molecule has 2 aromatic carbocycles. The molecule has 0 atom stereocenters. The molecule has 0 saturated carbocycles. The van der Waals surface area contributed by atoms with Crippen LogP contribution in [-0.4, -0.2) is 31.1 Å². The normalized spacial score (nSPS) is 11.6. The number of hydrogen-bond donors (Lipinski definition) is 2. The number of pyridine rings is 1. The van der Waals surface area contributed by atoms with E-state index in [2.05, 4.69) is 9.71 Å². The summed E-state index contributed by atoms with van der Waals surface area (Å²) in [6.07, 6.45) is 5.04. The van der Waals surface area contributed by atoms with Gasteiger partial charge in [0.25, 0.3) is 10.0 Å². The zero-order valence-electron chi connectivity index (χ0n) is 17.7. The molecule has 0 bridgehead atoms. The molecule has 0 aliphatic carbocycles. The third kappa shape index (κ3) is 6.18. The van der Waals surface area contributed by atoms with Gasteiger partial charge in [0, 0.05) is 6.20 Å². The first-order chi connectivity index (χ1) is 15.2. The average molecular weight is 453 g/mol. The lowest BCUT2D eigenvalue weighted by Gasteiger charge is -2.09.